The van der Waals surface area contributed by atoms with Crippen LogP contribution in [0.2, 0.25) is 0 Å². The Bertz CT molecular complexity index is 1270. The van der Waals surface area contributed by atoms with Gasteiger partial charge >= 0.3 is 17.9 Å². The summed E-state index contributed by atoms with van der Waals surface area (Å²) in [5.74, 6) is -0.956. The minimum atomic E-state index is -0.807. The molecule has 0 aliphatic heterocycles. The maximum absolute atomic E-state index is 12.8. The summed E-state index contributed by atoms with van der Waals surface area (Å²) in [5.41, 5.74) is 0. The summed E-state index contributed by atoms with van der Waals surface area (Å²) in [4.78, 5) is 38.1. The first-order valence-corrected chi connectivity index (χ1v) is 28.9. The van der Waals surface area contributed by atoms with E-state index in [1.807, 2.05) is 0 Å². The van der Waals surface area contributed by atoms with E-state index in [2.05, 4.69) is 93.7 Å². The SMILES string of the molecule is CC/C=C\C/C=C\C/C=C\C/C=C\C/C=C\CCCC(=O)OC(COC(=O)CCCCCCC/C=C\CCCCCCCC)COC(=O)CCCCCCCCCCCCCCCCCCCC. The summed E-state index contributed by atoms with van der Waals surface area (Å²) in [7, 11) is 0. The van der Waals surface area contributed by atoms with Crippen molar-refractivity contribution in [3.05, 3.63) is 72.9 Å². The number of hydrogen-bond donors (Lipinski definition) is 0. The van der Waals surface area contributed by atoms with E-state index in [1.165, 1.54) is 154 Å². The molecule has 0 radical (unpaired) electrons. The number of carbonyl (C=O) groups is 3. The second-order valence-electron chi connectivity index (χ2n) is 19.2. The van der Waals surface area contributed by atoms with Crippen molar-refractivity contribution in [3.8, 4) is 0 Å². The van der Waals surface area contributed by atoms with Crippen molar-refractivity contribution in [1.82, 2.24) is 0 Å². The number of carbonyl (C=O) groups excluding carboxylic acids is 3. The molecule has 0 aromatic rings. The van der Waals surface area contributed by atoms with Crippen LogP contribution in [0.4, 0.5) is 0 Å². The monoisotopic (exact) mass is 949 g/mol. The van der Waals surface area contributed by atoms with Crippen LogP contribution in [0, 0.1) is 0 Å². The van der Waals surface area contributed by atoms with Gasteiger partial charge in [0, 0.05) is 19.3 Å². The van der Waals surface area contributed by atoms with Crippen LogP contribution in [-0.4, -0.2) is 37.2 Å². The minimum Gasteiger partial charge on any atom is -0.462 e. The van der Waals surface area contributed by atoms with E-state index in [0.717, 1.165) is 83.5 Å². The maximum Gasteiger partial charge on any atom is 0.306 e. The summed E-state index contributed by atoms with van der Waals surface area (Å²) in [6.07, 6.45) is 71.8. The number of allylic oxidation sites excluding steroid dienone is 12. The van der Waals surface area contributed by atoms with Gasteiger partial charge in [0.15, 0.2) is 6.10 Å². The smallest absolute Gasteiger partial charge is 0.306 e. The van der Waals surface area contributed by atoms with Crippen molar-refractivity contribution in [2.75, 3.05) is 13.2 Å². The van der Waals surface area contributed by atoms with E-state index in [-0.39, 0.29) is 37.5 Å². The maximum atomic E-state index is 12.8. The molecule has 0 aliphatic carbocycles. The molecule has 0 aromatic carbocycles. The van der Waals surface area contributed by atoms with Gasteiger partial charge in [0.05, 0.1) is 0 Å². The zero-order valence-corrected chi connectivity index (χ0v) is 44.9. The average Bonchev–Trinajstić information content (AvgIpc) is 3.34. The Morgan fingerprint density at radius 3 is 0.956 bits per heavy atom. The second kappa shape index (κ2) is 56.4. The molecule has 0 saturated heterocycles. The molecule has 6 nitrogen and oxygen atoms in total. The van der Waals surface area contributed by atoms with Crippen LogP contribution in [0.3, 0.4) is 0 Å². The molecule has 0 aliphatic rings. The zero-order valence-electron chi connectivity index (χ0n) is 44.9. The van der Waals surface area contributed by atoms with Gasteiger partial charge in [-0.3, -0.25) is 14.4 Å². The summed E-state index contributed by atoms with van der Waals surface area (Å²) in [6, 6.07) is 0. The third-order valence-electron chi connectivity index (χ3n) is 12.4. The molecule has 0 N–H and O–H groups in total. The summed E-state index contributed by atoms with van der Waals surface area (Å²) in [5, 5.41) is 0. The summed E-state index contributed by atoms with van der Waals surface area (Å²) >= 11 is 0. The molecule has 0 rings (SSSR count). The van der Waals surface area contributed by atoms with E-state index in [1.54, 1.807) is 0 Å². The van der Waals surface area contributed by atoms with Crippen molar-refractivity contribution in [2.24, 2.45) is 0 Å². The molecule has 0 heterocycles. The average molecular weight is 950 g/mol. The van der Waals surface area contributed by atoms with Crippen molar-refractivity contribution < 1.29 is 28.6 Å². The van der Waals surface area contributed by atoms with E-state index in [9.17, 15) is 14.4 Å². The molecule has 0 saturated carbocycles. The van der Waals surface area contributed by atoms with Gasteiger partial charge in [-0.2, -0.15) is 0 Å². The Labute approximate surface area is 421 Å². The Kier molecular flexibility index (Phi) is 53.8. The van der Waals surface area contributed by atoms with E-state index < -0.39 is 6.10 Å². The third kappa shape index (κ3) is 53.8. The Hall–Kier alpha value is -3.15. The fraction of sp³-hybridized carbons (Fsp3) is 0.758. The molecule has 1 unspecified atom stereocenters. The van der Waals surface area contributed by atoms with Gasteiger partial charge in [0.1, 0.15) is 13.2 Å². The van der Waals surface area contributed by atoms with E-state index in [4.69, 9.17) is 14.2 Å². The van der Waals surface area contributed by atoms with Crippen LogP contribution in [0.5, 0.6) is 0 Å². The highest BCUT2D eigenvalue weighted by Crippen LogP contribution is 2.16. The lowest BCUT2D eigenvalue weighted by atomic mass is 10.0. The molecular formula is C62H108O6. The van der Waals surface area contributed by atoms with Crippen LogP contribution in [0.15, 0.2) is 72.9 Å². The molecule has 392 valence electrons. The van der Waals surface area contributed by atoms with Gasteiger partial charge in [-0.15, -0.1) is 0 Å². The molecule has 0 fully saturated rings. The molecule has 0 aromatic heterocycles. The molecule has 6 heteroatoms. The fourth-order valence-corrected chi connectivity index (χ4v) is 8.12. The normalized spacial score (nSPS) is 12.6. The van der Waals surface area contributed by atoms with Crippen LogP contribution in [-0.2, 0) is 28.6 Å². The topological polar surface area (TPSA) is 78.9 Å². The molecule has 0 spiro atoms. The third-order valence-corrected chi connectivity index (χ3v) is 12.4. The largest absolute Gasteiger partial charge is 0.462 e. The lowest BCUT2D eigenvalue weighted by Gasteiger charge is -2.18. The van der Waals surface area contributed by atoms with Gasteiger partial charge in [-0.05, 0) is 83.5 Å². The highest BCUT2D eigenvalue weighted by Gasteiger charge is 2.19. The molecule has 68 heavy (non-hydrogen) atoms. The van der Waals surface area contributed by atoms with Crippen LogP contribution in [0.25, 0.3) is 0 Å². The van der Waals surface area contributed by atoms with Gasteiger partial charge in [-0.25, -0.2) is 0 Å². The van der Waals surface area contributed by atoms with Crippen LogP contribution < -0.4 is 0 Å². The van der Waals surface area contributed by atoms with Gasteiger partial charge < -0.3 is 14.2 Å². The summed E-state index contributed by atoms with van der Waals surface area (Å²) in [6.45, 7) is 6.49. The van der Waals surface area contributed by atoms with Crippen molar-refractivity contribution in [3.63, 3.8) is 0 Å². The Balaban J connectivity index is 4.45. The molecule has 0 amide bonds. The second-order valence-corrected chi connectivity index (χ2v) is 19.2. The highest BCUT2D eigenvalue weighted by molar-refractivity contribution is 5.71. The molecule has 0 bridgehead atoms. The Morgan fingerprint density at radius 2 is 0.588 bits per heavy atom. The van der Waals surface area contributed by atoms with Gasteiger partial charge in [-0.1, -0.05) is 254 Å². The predicted molar refractivity (Wildman–Crippen MR) is 293 cm³/mol. The summed E-state index contributed by atoms with van der Waals surface area (Å²) < 4.78 is 16.8. The lowest BCUT2D eigenvalue weighted by Crippen LogP contribution is -2.30. The number of hydrogen-bond acceptors (Lipinski definition) is 6. The quantitative estimate of drug-likeness (QED) is 0.0262. The number of unbranched alkanes of at least 4 members (excludes halogenated alkanes) is 29. The first-order chi connectivity index (χ1) is 33.5. The first kappa shape index (κ1) is 64.8. The predicted octanol–water partition coefficient (Wildman–Crippen LogP) is 19.4. The van der Waals surface area contributed by atoms with E-state index >= 15 is 0 Å². The van der Waals surface area contributed by atoms with Crippen LogP contribution in [0.1, 0.15) is 284 Å². The van der Waals surface area contributed by atoms with Crippen molar-refractivity contribution in [1.29, 1.82) is 0 Å². The number of ether oxygens (including phenoxy) is 3. The highest BCUT2D eigenvalue weighted by atomic mass is 16.6. The van der Waals surface area contributed by atoms with Crippen molar-refractivity contribution >= 4 is 17.9 Å². The van der Waals surface area contributed by atoms with Crippen molar-refractivity contribution in [2.45, 2.75) is 290 Å². The van der Waals surface area contributed by atoms with Gasteiger partial charge in [0.2, 0.25) is 0 Å². The fourth-order valence-electron chi connectivity index (χ4n) is 8.12. The molecule has 1 atom stereocenters. The minimum absolute atomic E-state index is 0.0981. The Morgan fingerprint density at radius 1 is 0.309 bits per heavy atom. The first-order valence-electron chi connectivity index (χ1n) is 28.9. The zero-order chi connectivity index (χ0) is 49.3. The standard InChI is InChI=1S/C62H108O6/c1-4-7-10-13-16-19-22-25-28-30-32-34-37-40-43-46-49-52-55-61(64)67-58-59(57-66-60(63)54-51-48-45-42-39-36-33-27-24-21-18-15-12-9-6-3)68-62(65)56-53-50-47-44-41-38-35-31-29-26-23-20-17-14-11-8-5-2/h8,11,17,20,26-27,29,33,35,38,44,47,59H,4-7,9-10,12-16,18-19,21-25,28,30-32,34,36-37,39-43,45-46,48-58H2,1-3H3/b11-8-,20-17-,29-26-,33-27-,38-35-,47-44-. The lowest BCUT2D eigenvalue weighted by molar-refractivity contribution is -0.167. The van der Waals surface area contributed by atoms with Crippen LogP contribution >= 0.6 is 0 Å². The number of rotatable bonds is 52. The number of esters is 3. The molecular weight excluding hydrogens is 841 g/mol. The van der Waals surface area contributed by atoms with Gasteiger partial charge in [0.25, 0.3) is 0 Å². The van der Waals surface area contributed by atoms with E-state index in [0.29, 0.717) is 19.3 Å².